The first-order valence-electron chi connectivity index (χ1n) is 5.34. The number of hydrogen-bond acceptors (Lipinski definition) is 5. The maximum atomic E-state index is 5.62. The van der Waals surface area contributed by atoms with E-state index in [1.54, 1.807) is 11.3 Å². The van der Waals surface area contributed by atoms with Crippen molar-refractivity contribution in [2.45, 2.75) is 26.8 Å². The van der Waals surface area contributed by atoms with Gasteiger partial charge in [-0.2, -0.15) is 0 Å². The molecule has 16 heavy (non-hydrogen) atoms. The van der Waals surface area contributed by atoms with Crippen LogP contribution in [0, 0.1) is 6.92 Å². The van der Waals surface area contributed by atoms with Crippen LogP contribution in [0.4, 0.5) is 0 Å². The Morgan fingerprint density at radius 3 is 2.88 bits per heavy atom. The molecule has 0 saturated heterocycles. The molecule has 5 heteroatoms. The summed E-state index contributed by atoms with van der Waals surface area (Å²) in [6.45, 7) is 7.01. The summed E-state index contributed by atoms with van der Waals surface area (Å²) in [4.78, 5) is 2.27. The molecular formula is C11H15N3OS. The second-order valence-corrected chi connectivity index (χ2v) is 4.92. The third kappa shape index (κ3) is 2.31. The Hall–Kier alpha value is -1.20. The van der Waals surface area contributed by atoms with Crippen molar-refractivity contribution in [1.29, 1.82) is 0 Å². The maximum absolute atomic E-state index is 5.62. The topological polar surface area (TPSA) is 51.0 Å². The molecule has 0 spiro atoms. The highest BCUT2D eigenvalue weighted by Crippen LogP contribution is 2.27. The van der Waals surface area contributed by atoms with Gasteiger partial charge in [-0.3, -0.25) is 0 Å². The zero-order chi connectivity index (χ0) is 11.5. The summed E-state index contributed by atoms with van der Waals surface area (Å²) < 4.78 is 5.62. The molecule has 2 aromatic heterocycles. The van der Waals surface area contributed by atoms with Gasteiger partial charge in [0.1, 0.15) is 0 Å². The van der Waals surface area contributed by atoms with Crippen molar-refractivity contribution in [3.63, 3.8) is 0 Å². The SMILES string of the molecule is CCNC(C)c1nnc(-c2ccc(C)s2)o1. The van der Waals surface area contributed by atoms with Gasteiger partial charge in [0.25, 0.3) is 5.89 Å². The standard InChI is InChI=1S/C11H15N3OS/c1-4-12-8(3)10-13-14-11(15-10)9-6-5-7(2)16-9/h5-6,8,12H,4H2,1-3H3. The average molecular weight is 237 g/mol. The van der Waals surface area contributed by atoms with Crippen molar-refractivity contribution in [2.24, 2.45) is 0 Å². The van der Waals surface area contributed by atoms with Gasteiger partial charge in [-0.05, 0) is 32.5 Å². The maximum Gasteiger partial charge on any atom is 0.257 e. The van der Waals surface area contributed by atoms with Gasteiger partial charge < -0.3 is 9.73 Å². The molecule has 0 saturated carbocycles. The predicted octanol–water partition coefficient (Wildman–Crippen LogP) is 2.78. The zero-order valence-corrected chi connectivity index (χ0v) is 10.5. The summed E-state index contributed by atoms with van der Waals surface area (Å²) in [7, 11) is 0. The van der Waals surface area contributed by atoms with Crippen LogP contribution in [0.5, 0.6) is 0 Å². The fourth-order valence-electron chi connectivity index (χ4n) is 1.45. The van der Waals surface area contributed by atoms with Crippen molar-refractivity contribution in [1.82, 2.24) is 15.5 Å². The van der Waals surface area contributed by atoms with Crippen molar-refractivity contribution in [3.05, 3.63) is 22.9 Å². The Morgan fingerprint density at radius 2 is 2.25 bits per heavy atom. The Bertz CT molecular complexity index is 463. The molecule has 86 valence electrons. The van der Waals surface area contributed by atoms with Crippen LogP contribution in [0.3, 0.4) is 0 Å². The molecule has 0 radical (unpaired) electrons. The molecule has 0 amide bonds. The van der Waals surface area contributed by atoms with Crippen LogP contribution < -0.4 is 5.32 Å². The summed E-state index contributed by atoms with van der Waals surface area (Å²) in [6, 6.07) is 4.17. The third-order valence-corrected chi connectivity index (χ3v) is 3.26. The van der Waals surface area contributed by atoms with Gasteiger partial charge in [-0.1, -0.05) is 6.92 Å². The second kappa shape index (κ2) is 4.76. The van der Waals surface area contributed by atoms with E-state index in [2.05, 4.69) is 35.4 Å². The van der Waals surface area contributed by atoms with E-state index >= 15 is 0 Å². The number of thiophene rings is 1. The number of hydrogen-bond donors (Lipinski definition) is 1. The summed E-state index contributed by atoms with van der Waals surface area (Å²) in [6.07, 6.45) is 0. The minimum Gasteiger partial charge on any atom is -0.418 e. The molecule has 1 unspecified atom stereocenters. The Morgan fingerprint density at radius 1 is 1.44 bits per heavy atom. The normalized spacial score (nSPS) is 12.9. The van der Waals surface area contributed by atoms with E-state index in [9.17, 15) is 0 Å². The van der Waals surface area contributed by atoms with Crippen molar-refractivity contribution in [2.75, 3.05) is 6.54 Å². The molecule has 2 rings (SSSR count). The van der Waals surface area contributed by atoms with Crippen LogP contribution in [0.2, 0.25) is 0 Å². The first-order chi connectivity index (χ1) is 7.70. The van der Waals surface area contributed by atoms with Crippen molar-refractivity contribution < 1.29 is 4.42 Å². The van der Waals surface area contributed by atoms with E-state index in [1.807, 2.05) is 13.0 Å². The van der Waals surface area contributed by atoms with E-state index in [0.717, 1.165) is 11.4 Å². The first-order valence-corrected chi connectivity index (χ1v) is 6.16. The fourth-order valence-corrected chi connectivity index (χ4v) is 2.24. The van der Waals surface area contributed by atoms with Crippen molar-refractivity contribution >= 4 is 11.3 Å². The number of aryl methyl sites for hydroxylation is 1. The fraction of sp³-hybridized carbons (Fsp3) is 0.455. The molecular weight excluding hydrogens is 222 g/mol. The summed E-state index contributed by atoms with van der Waals surface area (Å²) >= 11 is 1.66. The number of nitrogens with one attached hydrogen (secondary N) is 1. The lowest BCUT2D eigenvalue weighted by Crippen LogP contribution is -2.17. The highest BCUT2D eigenvalue weighted by molar-refractivity contribution is 7.15. The smallest absolute Gasteiger partial charge is 0.257 e. The van der Waals surface area contributed by atoms with Crippen LogP contribution in [0.15, 0.2) is 16.5 Å². The Kier molecular flexibility index (Phi) is 3.36. The van der Waals surface area contributed by atoms with Crippen LogP contribution in [-0.2, 0) is 0 Å². The average Bonchev–Trinajstić information content (AvgIpc) is 2.85. The van der Waals surface area contributed by atoms with Gasteiger partial charge in [0.2, 0.25) is 5.89 Å². The lowest BCUT2D eigenvalue weighted by molar-refractivity contribution is 0.429. The molecule has 0 aromatic carbocycles. The Labute approximate surface area is 98.7 Å². The summed E-state index contributed by atoms with van der Waals surface area (Å²) in [5.41, 5.74) is 0. The molecule has 0 bridgehead atoms. The molecule has 0 aliphatic carbocycles. The third-order valence-electron chi connectivity index (χ3n) is 2.27. The summed E-state index contributed by atoms with van der Waals surface area (Å²) in [5, 5.41) is 11.3. The van der Waals surface area contributed by atoms with Gasteiger partial charge >= 0.3 is 0 Å². The number of nitrogens with zero attached hydrogens (tertiary/aromatic N) is 2. The van der Waals surface area contributed by atoms with Crippen LogP contribution in [-0.4, -0.2) is 16.7 Å². The molecule has 2 aromatic rings. The highest BCUT2D eigenvalue weighted by Gasteiger charge is 2.14. The minimum atomic E-state index is 0.104. The minimum absolute atomic E-state index is 0.104. The van der Waals surface area contributed by atoms with Gasteiger partial charge in [-0.25, -0.2) is 0 Å². The van der Waals surface area contributed by atoms with Gasteiger partial charge in [-0.15, -0.1) is 21.5 Å². The van der Waals surface area contributed by atoms with Crippen LogP contribution >= 0.6 is 11.3 Å². The van der Waals surface area contributed by atoms with Gasteiger partial charge in [0, 0.05) is 4.88 Å². The van der Waals surface area contributed by atoms with E-state index in [4.69, 9.17) is 4.42 Å². The molecule has 4 nitrogen and oxygen atoms in total. The molecule has 0 aliphatic rings. The van der Waals surface area contributed by atoms with E-state index in [-0.39, 0.29) is 6.04 Å². The summed E-state index contributed by atoms with van der Waals surface area (Å²) in [5.74, 6) is 1.25. The quantitative estimate of drug-likeness (QED) is 0.888. The second-order valence-electron chi connectivity index (χ2n) is 3.64. The molecule has 0 fully saturated rings. The number of aromatic nitrogens is 2. The lowest BCUT2D eigenvalue weighted by Gasteiger charge is -2.05. The van der Waals surface area contributed by atoms with E-state index in [0.29, 0.717) is 11.8 Å². The van der Waals surface area contributed by atoms with Crippen LogP contribution in [0.1, 0.15) is 30.7 Å². The van der Waals surface area contributed by atoms with Gasteiger partial charge in [0.15, 0.2) is 0 Å². The monoisotopic (exact) mass is 237 g/mol. The lowest BCUT2D eigenvalue weighted by atomic mass is 10.3. The highest BCUT2D eigenvalue weighted by atomic mass is 32.1. The predicted molar refractivity (Wildman–Crippen MR) is 64.4 cm³/mol. The number of rotatable bonds is 4. The molecule has 1 N–H and O–H groups in total. The largest absolute Gasteiger partial charge is 0.418 e. The zero-order valence-electron chi connectivity index (χ0n) is 9.65. The van der Waals surface area contributed by atoms with Crippen molar-refractivity contribution in [3.8, 4) is 10.8 Å². The van der Waals surface area contributed by atoms with E-state index < -0.39 is 0 Å². The Balaban J connectivity index is 2.19. The molecule has 1 atom stereocenters. The molecule has 2 heterocycles. The molecule has 0 aliphatic heterocycles. The van der Waals surface area contributed by atoms with Crippen LogP contribution in [0.25, 0.3) is 10.8 Å². The van der Waals surface area contributed by atoms with Gasteiger partial charge in [0.05, 0.1) is 10.9 Å². The van der Waals surface area contributed by atoms with E-state index in [1.165, 1.54) is 4.88 Å². The first kappa shape index (κ1) is 11.3.